The number of nitrogens with zero attached hydrogens (tertiary/aromatic N) is 7. The standard InChI is InChI=1S/C28H22FN7O2S/c1-38-21-11-7-18(8-12-21)23-16-24(19-5-9-20(29)10-6-19)35(33-23)27(37)17-39-26-14-13-25-31-32-28(36(25)34-26)22-4-2-3-15-30-22/h2-15,24H,16-17H2,1H3. The Hall–Kier alpha value is -4.64. The van der Waals surface area contributed by atoms with Crippen molar-refractivity contribution >= 4 is 29.0 Å². The van der Waals surface area contributed by atoms with Crippen LogP contribution in [0.5, 0.6) is 5.75 Å². The number of hydrazone groups is 1. The first-order valence-corrected chi connectivity index (χ1v) is 13.1. The molecule has 0 spiro atoms. The highest BCUT2D eigenvalue weighted by atomic mass is 32.2. The van der Waals surface area contributed by atoms with Gasteiger partial charge < -0.3 is 4.74 Å². The van der Waals surface area contributed by atoms with Crippen LogP contribution in [0.3, 0.4) is 0 Å². The number of amides is 1. The highest BCUT2D eigenvalue weighted by Gasteiger charge is 2.33. The van der Waals surface area contributed by atoms with Crippen molar-refractivity contribution in [2.45, 2.75) is 17.5 Å². The van der Waals surface area contributed by atoms with E-state index in [1.165, 1.54) is 28.9 Å². The average Bonchev–Trinajstić information content (AvgIpc) is 3.62. The van der Waals surface area contributed by atoms with Gasteiger partial charge in [0.1, 0.15) is 22.3 Å². The predicted octanol–water partition coefficient (Wildman–Crippen LogP) is 4.80. The van der Waals surface area contributed by atoms with Crippen molar-refractivity contribution in [3.63, 3.8) is 0 Å². The summed E-state index contributed by atoms with van der Waals surface area (Å²) in [6.07, 6.45) is 2.19. The molecule has 1 aliphatic rings. The van der Waals surface area contributed by atoms with Crippen molar-refractivity contribution in [3.05, 3.63) is 102 Å². The maximum Gasteiger partial charge on any atom is 0.253 e. The normalized spacial score (nSPS) is 15.0. The van der Waals surface area contributed by atoms with E-state index in [0.717, 1.165) is 22.6 Å². The van der Waals surface area contributed by atoms with Crippen molar-refractivity contribution in [1.82, 2.24) is 29.8 Å². The molecule has 194 valence electrons. The van der Waals surface area contributed by atoms with E-state index in [1.807, 2.05) is 42.5 Å². The first-order valence-electron chi connectivity index (χ1n) is 12.1. The monoisotopic (exact) mass is 539 g/mol. The summed E-state index contributed by atoms with van der Waals surface area (Å²) in [6, 6.07) is 22.5. The molecule has 0 bridgehead atoms. The average molecular weight is 540 g/mol. The fourth-order valence-electron chi connectivity index (χ4n) is 4.35. The van der Waals surface area contributed by atoms with Gasteiger partial charge in [0.05, 0.1) is 24.6 Å². The summed E-state index contributed by atoms with van der Waals surface area (Å²) < 4.78 is 20.5. The fourth-order valence-corrected chi connectivity index (χ4v) is 5.06. The summed E-state index contributed by atoms with van der Waals surface area (Å²) in [5, 5.41) is 19.8. The Morgan fingerprint density at radius 3 is 2.59 bits per heavy atom. The number of hydrogen-bond acceptors (Lipinski definition) is 8. The Morgan fingerprint density at radius 2 is 1.85 bits per heavy atom. The number of fused-ring (bicyclic) bond motifs is 1. The lowest BCUT2D eigenvalue weighted by molar-refractivity contribution is -0.130. The number of methoxy groups -OCH3 is 1. The van der Waals surface area contributed by atoms with Gasteiger partial charge in [0, 0.05) is 12.6 Å². The number of carbonyl (C=O) groups is 1. The number of halogens is 1. The molecule has 0 radical (unpaired) electrons. The zero-order valence-electron chi connectivity index (χ0n) is 20.8. The second kappa shape index (κ2) is 10.6. The van der Waals surface area contributed by atoms with Gasteiger partial charge in [-0.15, -0.1) is 10.2 Å². The van der Waals surface area contributed by atoms with Crippen LogP contribution in [0, 0.1) is 5.82 Å². The molecule has 1 amide bonds. The summed E-state index contributed by atoms with van der Waals surface area (Å²) in [7, 11) is 1.61. The van der Waals surface area contributed by atoms with Crippen LogP contribution in [-0.4, -0.2) is 54.3 Å². The lowest BCUT2D eigenvalue weighted by atomic mass is 9.98. The second-order valence-electron chi connectivity index (χ2n) is 8.75. The van der Waals surface area contributed by atoms with Crippen LogP contribution in [0.15, 0.2) is 95.2 Å². The van der Waals surface area contributed by atoms with E-state index in [4.69, 9.17) is 9.84 Å². The zero-order valence-corrected chi connectivity index (χ0v) is 21.6. The summed E-state index contributed by atoms with van der Waals surface area (Å²) in [5.41, 5.74) is 3.71. The molecule has 0 N–H and O–H groups in total. The van der Waals surface area contributed by atoms with Crippen LogP contribution < -0.4 is 4.74 Å². The van der Waals surface area contributed by atoms with Crippen molar-refractivity contribution in [1.29, 1.82) is 0 Å². The van der Waals surface area contributed by atoms with E-state index in [0.29, 0.717) is 28.6 Å². The van der Waals surface area contributed by atoms with Crippen LogP contribution in [0.2, 0.25) is 0 Å². The SMILES string of the molecule is COc1ccc(C2=NN(C(=O)CSc3ccc4nnc(-c5ccccn5)n4n3)C(c3ccc(F)cc3)C2)cc1. The molecular weight excluding hydrogens is 517 g/mol. The molecule has 0 saturated carbocycles. The number of aromatic nitrogens is 5. The summed E-state index contributed by atoms with van der Waals surface area (Å²) >= 11 is 1.29. The van der Waals surface area contributed by atoms with Crippen LogP contribution in [0.4, 0.5) is 4.39 Å². The molecule has 0 fully saturated rings. The fraction of sp³-hybridized carbons (Fsp3) is 0.143. The quantitative estimate of drug-likeness (QED) is 0.274. The van der Waals surface area contributed by atoms with Gasteiger partial charge in [-0.2, -0.15) is 14.7 Å². The molecule has 2 aromatic carbocycles. The van der Waals surface area contributed by atoms with Gasteiger partial charge >= 0.3 is 0 Å². The van der Waals surface area contributed by atoms with Gasteiger partial charge in [-0.05, 0) is 71.8 Å². The van der Waals surface area contributed by atoms with E-state index in [2.05, 4.69) is 20.3 Å². The van der Waals surface area contributed by atoms with Crippen LogP contribution >= 0.6 is 11.8 Å². The highest BCUT2D eigenvalue weighted by molar-refractivity contribution is 7.99. The van der Waals surface area contributed by atoms with Crippen molar-refractivity contribution in [3.8, 4) is 17.3 Å². The summed E-state index contributed by atoms with van der Waals surface area (Å²) in [4.78, 5) is 17.8. The van der Waals surface area contributed by atoms with E-state index in [9.17, 15) is 9.18 Å². The van der Waals surface area contributed by atoms with Crippen molar-refractivity contribution in [2.24, 2.45) is 5.10 Å². The molecule has 0 aliphatic carbocycles. The van der Waals surface area contributed by atoms with Gasteiger partial charge in [-0.3, -0.25) is 9.78 Å². The lowest BCUT2D eigenvalue weighted by Crippen LogP contribution is -2.28. The van der Waals surface area contributed by atoms with Crippen molar-refractivity contribution in [2.75, 3.05) is 12.9 Å². The molecule has 11 heteroatoms. The smallest absolute Gasteiger partial charge is 0.253 e. The Bertz CT molecular complexity index is 1660. The van der Waals surface area contributed by atoms with E-state index in [1.54, 1.807) is 42.1 Å². The second-order valence-corrected chi connectivity index (χ2v) is 9.75. The number of rotatable bonds is 7. The first-order chi connectivity index (χ1) is 19.1. The Kier molecular flexibility index (Phi) is 6.72. The van der Waals surface area contributed by atoms with Gasteiger partial charge in [-0.25, -0.2) is 9.40 Å². The first kappa shape index (κ1) is 24.7. The molecule has 1 unspecified atom stereocenters. The molecule has 1 aliphatic heterocycles. The molecule has 5 aromatic rings. The number of hydrogen-bond donors (Lipinski definition) is 0. The molecule has 0 saturated heterocycles. The third-order valence-electron chi connectivity index (χ3n) is 6.32. The van der Waals surface area contributed by atoms with Crippen LogP contribution in [-0.2, 0) is 4.79 Å². The molecule has 1 atom stereocenters. The Morgan fingerprint density at radius 1 is 1.03 bits per heavy atom. The zero-order chi connectivity index (χ0) is 26.8. The van der Waals surface area contributed by atoms with E-state index in [-0.39, 0.29) is 23.5 Å². The number of benzene rings is 2. The minimum Gasteiger partial charge on any atom is -0.497 e. The molecule has 4 heterocycles. The highest BCUT2D eigenvalue weighted by Crippen LogP contribution is 2.34. The van der Waals surface area contributed by atoms with Gasteiger partial charge in [0.25, 0.3) is 5.91 Å². The maximum absolute atomic E-state index is 13.6. The molecule has 6 rings (SSSR count). The number of pyridine rings is 1. The molecule has 9 nitrogen and oxygen atoms in total. The molecule has 3 aromatic heterocycles. The maximum atomic E-state index is 13.6. The van der Waals surface area contributed by atoms with Gasteiger partial charge in [-0.1, -0.05) is 30.0 Å². The topological polar surface area (TPSA) is 97.9 Å². The predicted molar refractivity (Wildman–Crippen MR) is 145 cm³/mol. The molecule has 39 heavy (non-hydrogen) atoms. The summed E-state index contributed by atoms with van der Waals surface area (Å²) in [6.45, 7) is 0. The number of thioether (sulfide) groups is 1. The number of carbonyl (C=O) groups excluding carboxylic acids is 1. The van der Waals surface area contributed by atoms with Crippen LogP contribution in [0.1, 0.15) is 23.6 Å². The Labute approximate surface area is 227 Å². The van der Waals surface area contributed by atoms with E-state index < -0.39 is 0 Å². The number of ether oxygens (including phenoxy) is 1. The lowest BCUT2D eigenvalue weighted by Gasteiger charge is -2.22. The van der Waals surface area contributed by atoms with Gasteiger partial charge in [0.2, 0.25) is 5.82 Å². The minimum absolute atomic E-state index is 0.108. The third-order valence-corrected chi connectivity index (χ3v) is 7.22. The van der Waals surface area contributed by atoms with Crippen LogP contribution in [0.25, 0.3) is 17.2 Å². The third kappa shape index (κ3) is 5.08. The minimum atomic E-state index is -0.347. The molecular formula is C28H22FN7O2S. The largest absolute Gasteiger partial charge is 0.497 e. The summed E-state index contributed by atoms with van der Waals surface area (Å²) in [5.74, 6) is 0.844. The van der Waals surface area contributed by atoms with Crippen molar-refractivity contribution < 1.29 is 13.9 Å². The van der Waals surface area contributed by atoms with E-state index >= 15 is 0 Å². The Balaban J connectivity index is 1.24. The van der Waals surface area contributed by atoms with Gasteiger partial charge in [0.15, 0.2) is 5.65 Å².